The first-order valence-electron chi connectivity index (χ1n) is 9.71. The molecule has 2 aliphatic rings. The Morgan fingerprint density at radius 3 is 2.73 bits per heavy atom. The summed E-state index contributed by atoms with van der Waals surface area (Å²) in [4.78, 5) is 16.8. The molecule has 0 bridgehead atoms. The third kappa shape index (κ3) is 3.46. The third-order valence-electron chi connectivity index (χ3n) is 5.42. The van der Waals surface area contributed by atoms with Crippen molar-refractivity contribution in [1.29, 1.82) is 0 Å². The molecule has 9 heteroatoms. The van der Waals surface area contributed by atoms with Gasteiger partial charge in [0.05, 0.1) is 12.9 Å². The van der Waals surface area contributed by atoms with Crippen LogP contribution in [-0.4, -0.2) is 38.6 Å². The molecule has 2 heterocycles. The van der Waals surface area contributed by atoms with Gasteiger partial charge in [-0.3, -0.25) is 9.36 Å². The SMILES string of the molecule is CCN1C(O)Nc2cc(Cn3cnccc3=O)ccc2C1(C#CC1CC1)C(F)(F)F. The molecular weight excluding hydrogens is 397 g/mol. The molecule has 1 aromatic carbocycles. The molecular formula is C21H21F3N4O2. The summed E-state index contributed by atoms with van der Waals surface area (Å²) in [6.07, 6.45) is -1.97. The Bertz CT molecular complexity index is 1070. The van der Waals surface area contributed by atoms with Crippen molar-refractivity contribution in [3.63, 3.8) is 0 Å². The third-order valence-corrected chi connectivity index (χ3v) is 5.42. The summed E-state index contributed by atoms with van der Waals surface area (Å²) in [7, 11) is 0. The lowest BCUT2D eigenvalue weighted by molar-refractivity contribution is -0.238. The van der Waals surface area contributed by atoms with E-state index in [4.69, 9.17) is 0 Å². The average molecular weight is 418 g/mol. The van der Waals surface area contributed by atoms with Crippen LogP contribution < -0.4 is 10.9 Å². The number of nitrogens with one attached hydrogen (secondary N) is 1. The van der Waals surface area contributed by atoms with Crippen LogP contribution in [0.15, 0.2) is 41.6 Å². The maximum Gasteiger partial charge on any atom is 0.422 e. The highest BCUT2D eigenvalue weighted by Crippen LogP contribution is 2.49. The van der Waals surface area contributed by atoms with Crippen LogP contribution in [0.1, 0.15) is 30.9 Å². The summed E-state index contributed by atoms with van der Waals surface area (Å²) in [5, 5.41) is 13.2. The van der Waals surface area contributed by atoms with Gasteiger partial charge in [-0.25, -0.2) is 9.88 Å². The van der Waals surface area contributed by atoms with Crippen molar-refractivity contribution in [3.05, 3.63) is 58.3 Å². The van der Waals surface area contributed by atoms with Crippen molar-refractivity contribution in [1.82, 2.24) is 14.5 Å². The minimum atomic E-state index is -4.73. The van der Waals surface area contributed by atoms with Crippen LogP contribution in [0.25, 0.3) is 0 Å². The second-order valence-corrected chi connectivity index (χ2v) is 7.48. The zero-order valence-corrected chi connectivity index (χ0v) is 16.3. The Balaban J connectivity index is 1.83. The topological polar surface area (TPSA) is 70.4 Å². The lowest BCUT2D eigenvalue weighted by Crippen LogP contribution is -2.63. The molecule has 4 rings (SSSR count). The predicted octanol–water partition coefficient (Wildman–Crippen LogP) is 2.49. The predicted molar refractivity (Wildman–Crippen MR) is 104 cm³/mol. The van der Waals surface area contributed by atoms with Crippen molar-refractivity contribution in [3.8, 4) is 11.8 Å². The van der Waals surface area contributed by atoms with Crippen LogP contribution >= 0.6 is 0 Å². The normalized spacial score (nSPS) is 23.8. The maximum absolute atomic E-state index is 14.5. The lowest BCUT2D eigenvalue weighted by atomic mass is 9.83. The monoisotopic (exact) mass is 418 g/mol. The van der Waals surface area contributed by atoms with Crippen LogP contribution in [0.2, 0.25) is 0 Å². The van der Waals surface area contributed by atoms with Gasteiger partial charge in [0.2, 0.25) is 5.54 Å². The van der Waals surface area contributed by atoms with E-state index in [2.05, 4.69) is 22.1 Å². The number of aromatic nitrogens is 2. The quantitative estimate of drug-likeness (QED) is 0.750. The molecule has 2 aromatic rings. The van der Waals surface area contributed by atoms with E-state index in [1.54, 1.807) is 13.0 Å². The summed E-state index contributed by atoms with van der Waals surface area (Å²) >= 11 is 0. The molecule has 1 aliphatic carbocycles. The van der Waals surface area contributed by atoms with E-state index in [9.17, 15) is 23.1 Å². The molecule has 1 saturated carbocycles. The average Bonchev–Trinajstić information content (AvgIpc) is 3.51. The highest BCUT2D eigenvalue weighted by molar-refractivity contribution is 5.62. The second kappa shape index (κ2) is 7.45. The van der Waals surface area contributed by atoms with Gasteiger partial charge in [0, 0.05) is 36.0 Å². The molecule has 0 radical (unpaired) electrons. The van der Waals surface area contributed by atoms with Gasteiger partial charge in [-0.05, 0) is 24.5 Å². The first-order valence-corrected chi connectivity index (χ1v) is 9.71. The van der Waals surface area contributed by atoms with E-state index in [0.29, 0.717) is 5.56 Å². The number of halogens is 3. The molecule has 0 amide bonds. The van der Waals surface area contributed by atoms with Gasteiger partial charge in [0.25, 0.3) is 5.56 Å². The zero-order chi connectivity index (χ0) is 21.5. The van der Waals surface area contributed by atoms with Gasteiger partial charge in [-0.15, -0.1) is 0 Å². The summed E-state index contributed by atoms with van der Waals surface area (Å²) in [6, 6.07) is 5.75. The zero-order valence-electron chi connectivity index (χ0n) is 16.3. The lowest BCUT2D eigenvalue weighted by Gasteiger charge is -2.48. The Hall–Kier alpha value is -2.83. The van der Waals surface area contributed by atoms with Crippen LogP contribution in [0.5, 0.6) is 0 Å². The Morgan fingerprint density at radius 2 is 2.10 bits per heavy atom. The van der Waals surface area contributed by atoms with Crippen LogP contribution in [-0.2, 0) is 12.1 Å². The highest BCUT2D eigenvalue weighted by Gasteiger charge is 2.63. The number of benzene rings is 1. The van der Waals surface area contributed by atoms with Gasteiger partial charge in [-0.2, -0.15) is 13.2 Å². The summed E-state index contributed by atoms with van der Waals surface area (Å²) < 4.78 is 44.9. The number of hydrogen-bond acceptors (Lipinski definition) is 5. The number of hydrogen-bond donors (Lipinski definition) is 2. The van der Waals surface area contributed by atoms with E-state index in [-0.39, 0.29) is 35.8 Å². The van der Waals surface area contributed by atoms with Gasteiger partial charge >= 0.3 is 6.18 Å². The van der Waals surface area contributed by atoms with E-state index in [1.165, 1.54) is 35.3 Å². The molecule has 1 aromatic heterocycles. The molecule has 158 valence electrons. The molecule has 30 heavy (non-hydrogen) atoms. The summed E-state index contributed by atoms with van der Waals surface area (Å²) in [6.45, 7) is 1.64. The minimum Gasteiger partial charge on any atom is -0.361 e. The molecule has 0 saturated heterocycles. The van der Waals surface area contributed by atoms with E-state index in [0.717, 1.165) is 17.7 Å². The summed E-state index contributed by atoms with van der Waals surface area (Å²) in [5.41, 5.74) is -2.21. The maximum atomic E-state index is 14.5. The number of fused-ring (bicyclic) bond motifs is 1. The fourth-order valence-corrected chi connectivity index (χ4v) is 3.74. The van der Waals surface area contributed by atoms with Crippen molar-refractivity contribution < 1.29 is 18.3 Å². The molecule has 2 atom stereocenters. The number of nitrogens with zero attached hydrogens (tertiary/aromatic N) is 3. The fourth-order valence-electron chi connectivity index (χ4n) is 3.74. The minimum absolute atomic E-state index is 0.0323. The first kappa shape index (κ1) is 20.4. The number of aliphatic hydroxyl groups excluding tert-OH is 1. The van der Waals surface area contributed by atoms with Gasteiger partial charge in [-0.1, -0.05) is 30.9 Å². The van der Waals surface area contributed by atoms with E-state index >= 15 is 0 Å². The Kier molecular flexibility index (Phi) is 5.08. The van der Waals surface area contributed by atoms with E-state index < -0.39 is 18.1 Å². The molecule has 1 aliphatic heterocycles. The standard InChI is InChI=1S/C21H21F3N4O2/c1-2-28-19(30)26-17-11-15(12-27-13-25-10-8-18(27)29)5-6-16(17)20(28,21(22,23)24)9-7-14-3-4-14/h5-6,8,10-11,13-14,19,26,30H,2-4,12H2,1H3. The van der Waals surface area contributed by atoms with Crippen molar-refractivity contribution in [2.24, 2.45) is 5.92 Å². The van der Waals surface area contributed by atoms with Crippen molar-refractivity contribution >= 4 is 5.69 Å². The number of aliphatic hydroxyl groups is 1. The van der Waals surface area contributed by atoms with Crippen molar-refractivity contribution in [2.75, 3.05) is 11.9 Å². The number of alkyl halides is 3. The summed E-state index contributed by atoms with van der Waals surface area (Å²) in [5.74, 6) is 5.21. The fraction of sp³-hybridized carbons (Fsp3) is 0.429. The molecule has 1 fully saturated rings. The van der Waals surface area contributed by atoms with Crippen LogP contribution in [0, 0.1) is 17.8 Å². The molecule has 2 N–H and O–H groups in total. The van der Waals surface area contributed by atoms with Crippen LogP contribution in [0.3, 0.4) is 0 Å². The van der Waals surface area contributed by atoms with Gasteiger partial charge < -0.3 is 10.4 Å². The number of anilines is 1. The molecule has 6 nitrogen and oxygen atoms in total. The van der Waals surface area contributed by atoms with Gasteiger partial charge in [0.1, 0.15) is 0 Å². The van der Waals surface area contributed by atoms with E-state index in [1.807, 2.05) is 0 Å². The molecule has 2 unspecified atom stereocenters. The van der Waals surface area contributed by atoms with Crippen molar-refractivity contribution in [2.45, 2.75) is 44.4 Å². The number of rotatable bonds is 3. The first-order chi connectivity index (χ1) is 14.3. The highest BCUT2D eigenvalue weighted by atomic mass is 19.4. The molecule has 0 spiro atoms. The Morgan fingerprint density at radius 1 is 1.33 bits per heavy atom. The van der Waals surface area contributed by atoms with Gasteiger partial charge in [0.15, 0.2) is 6.35 Å². The largest absolute Gasteiger partial charge is 0.422 e. The Labute approximate surface area is 171 Å². The second-order valence-electron chi connectivity index (χ2n) is 7.48. The van der Waals surface area contributed by atoms with Crippen LogP contribution in [0.4, 0.5) is 18.9 Å². The smallest absolute Gasteiger partial charge is 0.361 e.